The van der Waals surface area contributed by atoms with E-state index < -0.39 is 6.09 Å². The van der Waals surface area contributed by atoms with Crippen molar-refractivity contribution in [3.05, 3.63) is 58.1 Å². The summed E-state index contributed by atoms with van der Waals surface area (Å²) in [5, 5.41) is 12.5. The van der Waals surface area contributed by atoms with E-state index in [2.05, 4.69) is 17.4 Å². The number of methoxy groups -OCH3 is 2. The third-order valence-corrected chi connectivity index (χ3v) is 7.13. The first kappa shape index (κ1) is 24.9. The van der Waals surface area contributed by atoms with Crippen LogP contribution in [0.5, 0.6) is 11.5 Å². The van der Waals surface area contributed by atoms with Crippen molar-refractivity contribution in [1.82, 2.24) is 15.1 Å². The minimum atomic E-state index is -0.922. The molecule has 0 saturated carbocycles. The average Bonchev–Trinajstić information content (AvgIpc) is 3.05. The van der Waals surface area contributed by atoms with E-state index >= 15 is 0 Å². The van der Waals surface area contributed by atoms with Crippen LogP contribution in [0.15, 0.2) is 30.3 Å². The molecule has 2 N–H and O–H groups in total. The first-order valence-electron chi connectivity index (χ1n) is 12.2. The van der Waals surface area contributed by atoms with Crippen molar-refractivity contribution in [2.45, 2.75) is 38.1 Å². The predicted octanol–water partition coefficient (Wildman–Crippen LogP) is 3.06. The van der Waals surface area contributed by atoms with Crippen LogP contribution in [0.25, 0.3) is 0 Å². The highest BCUT2D eigenvalue weighted by Gasteiger charge is 2.26. The van der Waals surface area contributed by atoms with Crippen molar-refractivity contribution < 1.29 is 24.2 Å². The molecule has 35 heavy (non-hydrogen) atoms. The van der Waals surface area contributed by atoms with Crippen molar-refractivity contribution in [3.8, 4) is 11.5 Å². The zero-order valence-corrected chi connectivity index (χ0v) is 20.8. The van der Waals surface area contributed by atoms with Gasteiger partial charge in [-0.15, -0.1) is 0 Å². The number of carboxylic acid groups (broad SMARTS) is 1. The maximum atomic E-state index is 12.8. The highest BCUT2D eigenvalue weighted by molar-refractivity contribution is 5.76. The van der Waals surface area contributed by atoms with Crippen molar-refractivity contribution in [1.29, 1.82) is 0 Å². The van der Waals surface area contributed by atoms with E-state index in [9.17, 15) is 9.59 Å². The maximum Gasteiger partial charge on any atom is 0.407 e. The van der Waals surface area contributed by atoms with Crippen LogP contribution in [-0.4, -0.2) is 74.4 Å². The molecule has 2 amide bonds. The van der Waals surface area contributed by atoms with Crippen LogP contribution in [0.2, 0.25) is 0 Å². The smallest absolute Gasteiger partial charge is 0.407 e. The Hall–Kier alpha value is -3.26. The minimum Gasteiger partial charge on any atom is -0.493 e. The molecule has 0 fully saturated rings. The topological polar surface area (TPSA) is 91.3 Å². The third-order valence-electron chi connectivity index (χ3n) is 7.13. The molecular formula is C27H35N3O5. The van der Waals surface area contributed by atoms with Gasteiger partial charge in [-0.2, -0.15) is 0 Å². The second kappa shape index (κ2) is 11.0. The Morgan fingerprint density at radius 2 is 1.71 bits per heavy atom. The summed E-state index contributed by atoms with van der Waals surface area (Å²) in [5.41, 5.74) is 6.07. The molecule has 1 aliphatic heterocycles. The van der Waals surface area contributed by atoms with Gasteiger partial charge in [0.2, 0.25) is 5.91 Å². The molecule has 0 radical (unpaired) electrons. The number of carbonyl (C=O) groups is 2. The molecule has 0 bridgehead atoms. The minimum absolute atomic E-state index is 0.186. The summed E-state index contributed by atoms with van der Waals surface area (Å²) in [7, 11) is 4.86. The monoisotopic (exact) mass is 481 g/mol. The van der Waals surface area contributed by atoms with Crippen LogP contribution >= 0.6 is 0 Å². The van der Waals surface area contributed by atoms with Gasteiger partial charge in [0.1, 0.15) is 0 Å². The van der Waals surface area contributed by atoms with Gasteiger partial charge in [-0.25, -0.2) is 4.79 Å². The molecule has 8 heteroatoms. The number of benzene rings is 2. The lowest BCUT2D eigenvalue weighted by Crippen LogP contribution is -2.36. The van der Waals surface area contributed by atoms with Gasteiger partial charge >= 0.3 is 6.09 Å². The van der Waals surface area contributed by atoms with Crippen molar-refractivity contribution in [2.75, 3.05) is 47.4 Å². The molecule has 0 aromatic heterocycles. The van der Waals surface area contributed by atoms with Crippen LogP contribution in [0.3, 0.4) is 0 Å². The second-order valence-corrected chi connectivity index (χ2v) is 9.38. The Labute approximate surface area is 206 Å². The number of ether oxygens (including phenoxy) is 2. The zero-order chi connectivity index (χ0) is 24.9. The highest BCUT2D eigenvalue weighted by atomic mass is 16.5. The van der Waals surface area contributed by atoms with Gasteiger partial charge in [-0.1, -0.05) is 18.2 Å². The first-order valence-corrected chi connectivity index (χ1v) is 12.2. The molecule has 4 rings (SSSR count). The Balaban J connectivity index is 1.21. The highest BCUT2D eigenvalue weighted by Crippen LogP contribution is 2.35. The van der Waals surface area contributed by atoms with E-state index in [1.807, 2.05) is 23.1 Å². The van der Waals surface area contributed by atoms with Crippen molar-refractivity contribution in [3.63, 3.8) is 0 Å². The van der Waals surface area contributed by atoms with Crippen LogP contribution in [0.1, 0.15) is 40.2 Å². The summed E-state index contributed by atoms with van der Waals surface area (Å²) in [6.45, 7) is 3.35. The Morgan fingerprint density at radius 3 is 2.29 bits per heavy atom. The lowest BCUT2D eigenvalue weighted by Gasteiger charge is -2.31. The lowest BCUT2D eigenvalue weighted by atomic mass is 9.77. The fraction of sp³-hybridized carbons (Fsp3) is 0.481. The molecule has 2 aromatic carbocycles. The fourth-order valence-corrected chi connectivity index (χ4v) is 5.03. The van der Waals surface area contributed by atoms with E-state index in [4.69, 9.17) is 14.6 Å². The number of rotatable bonds is 9. The summed E-state index contributed by atoms with van der Waals surface area (Å²) in [5.74, 6) is 2.10. The second-order valence-electron chi connectivity index (χ2n) is 9.38. The maximum absolute atomic E-state index is 12.8. The van der Waals surface area contributed by atoms with E-state index in [1.165, 1.54) is 27.2 Å². The number of hydrogen-bond acceptors (Lipinski definition) is 5. The Kier molecular flexibility index (Phi) is 7.80. The van der Waals surface area contributed by atoms with Gasteiger partial charge in [0.25, 0.3) is 0 Å². The average molecular weight is 482 g/mol. The zero-order valence-electron chi connectivity index (χ0n) is 20.8. The molecule has 0 spiro atoms. The Morgan fingerprint density at radius 1 is 1.06 bits per heavy atom. The van der Waals surface area contributed by atoms with Crippen LogP contribution in [-0.2, 0) is 30.6 Å². The molecule has 1 aliphatic carbocycles. The molecule has 1 atom stereocenters. The van der Waals surface area contributed by atoms with Gasteiger partial charge in [0.15, 0.2) is 11.5 Å². The van der Waals surface area contributed by atoms with E-state index in [0.717, 1.165) is 56.0 Å². The molecule has 2 aliphatic rings. The first-order chi connectivity index (χ1) is 16.9. The molecule has 0 saturated heterocycles. The summed E-state index contributed by atoms with van der Waals surface area (Å²) in [6.07, 6.45) is 2.19. The quantitative estimate of drug-likeness (QED) is 0.535. The summed E-state index contributed by atoms with van der Waals surface area (Å²) in [6, 6.07) is 10.3. The number of carbonyl (C=O) groups excluding carboxylic acids is 1. The molecule has 1 heterocycles. The van der Waals surface area contributed by atoms with Gasteiger partial charge in [-0.3, -0.25) is 4.79 Å². The molecule has 8 nitrogen and oxygen atoms in total. The standard InChI is InChI=1S/C27H35N3O5/c1-29(27(32)33)17-18-4-5-23-21(12-18)13-22(23)16-28-9-6-26(31)30-10-7-19-14-24(34-2)25(35-3)15-20(19)8-11-30/h4-5,12,14-15,22,28H,6-11,13,16-17H2,1-3H3,(H,32,33). The predicted molar refractivity (Wildman–Crippen MR) is 133 cm³/mol. The largest absolute Gasteiger partial charge is 0.493 e. The van der Waals surface area contributed by atoms with Crippen LogP contribution < -0.4 is 14.8 Å². The molecule has 1 unspecified atom stereocenters. The van der Waals surface area contributed by atoms with E-state index in [-0.39, 0.29) is 5.91 Å². The Bertz CT molecular complexity index is 1050. The number of fused-ring (bicyclic) bond motifs is 2. The third kappa shape index (κ3) is 5.70. The lowest BCUT2D eigenvalue weighted by molar-refractivity contribution is -0.131. The van der Waals surface area contributed by atoms with Crippen molar-refractivity contribution in [2.24, 2.45) is 0 Å². The number of nitrogens with zero attached hydrogens (tertiary/aromatic N) is 2. The van der Waals surface area contributed by atoms with Crippen LogP contribution in [0.4, 0.5) is 4.79 Å². The summed E-state index contributed by atoms with van der Waals surface area (Å²) in [4.78, 5) is 27.1. The number of nitrogens with one attached hydrogen (secondary N) is 1. The van der Waals surface area contributed by atoms with Gasteiger partial charge in [0, 0.05) is 52.1 Å². The van der Waals surface area contributed by atoms with Crippen LogP contribution in [0, 0.1) is 0 Å². The normalized spacial score (nSPS) is 16.4. The molecular weight excluding hydrogens is 446 g/mol. The number of hydrogen-bond donors (Lipinski definition) is 2. The molecule has 2 aromatic rings. The van der Waals surface area contributed by atoms with Gasteiger partial charge in [-0.05, 0) is 59.2 Å². The van der Waals surface area contributed by atoms with E-state index in [1.54, 1.807) is 21.3 Å². The summed E-state index contributed by atoms with van der Waals surface area (Å²) < 4.78 is 10.9. The number of amides is 2. The van der Waals surface area contributed by atoms with Gasteiger partial charge < -0.3 is 29.7 Å². The van der Waals surface area contributed by atoms with Crippen molar-refractivity contribution >= 4 is 12.0 Å². The SMILES string of the molecule is COc1cc2c(cc1OC)CCN(C(=O)CCNCC1Cc3cc(CN(C)C(=O)O)ccc31)CC2. The fourth-order valence-electron chi connectivity index (χ4n) is 5.03. The summed E-state index contributed by atoms with van der Waals surface area (Å²) >= 11 is 0. The van der Waals surface area contributed by atoms with E-state index in [0.29, 0.717) is 25.4 Å². The van der Waals surface area contributed by atoms with Gasteiger partial charge in [0.05, 0.1) is 14.2 Å². The molecule has 188 valence electrons.